The maximum Gasteiger partial charge on any atom is 0.243 e. The SMILES string of the molecule is Cc1cc(C)c(S(=O)(=O)N2CCC(c3cc(-c4ccccc4)n[nH]3)CC2)c(C)c1. The maximum atomic E-state index is 13.3. The summed E-state index contributed by atoms with van der Waals surface area (Å²) in [5.41, 5.74) is 5.84. The van der Waals surface area contributed by atoms with Crippen LogP contribution in [0.1, 0.15) is 41.1 Å². The van der Waals surface area contributed by atoms with Gasteiger partial charge in [-0.15, -0.1) is 0 Å². The topological polar surface area (TPSA) is 66.1 Å². The highest BCUT2D eigenvalue weighted by atomic mass is 32.2. The highest BCUT2D eigenvalue weighted by Gasteiger charge is 2.32. The lowest BCUT2D eigenvalue weighted by molar-refractivity contribution is 0.316. The predicted octanol–water partition coefficient (Wildman–Crippen LogP) is 4.57. The number of H-pyrrole nitrogens is 1. The number of nitrogens with one attached hydrogen (secondary N) is 1. The molecule has 1 N–H and O–H groups in total. The van der Waals surface area contributed by atoms with Crippen molar-refractivity contribution in [3.8, 4) is 11.3 Å². The highest BCUT2D eigenvalue weighted by molar-refractivity contribution is 7.89. The molecule has 3 aromatic rings. The van der Waals surface area contributed by atoms with Gasteiger partial charge in [0.2, 0.25) is 10.0 Å². The fourth-order valence-corrected chi connectivity index (χ4v) is 6.29. The predicted molar refractivity (Wildman–Crippen MR) is 115 cm³/mol. The maximum absolute atomic E-state index is 13.3. The third-order valence-electron chi connectivity index (χ3n) is 5.76. The normalized spacial score (nSPS) is 16.2. The summed E-state index contributed by atoms with van der Waals surface area (Å²) in [5.74, 6) is 0.298. The van der Waals surface area contributed by atoms with E-state index in [9.17, 15) is 8.42 Å². The number of rotatable bonds is 4. The summed E-state index contributed by atoms with van der Waals surface area (Å²) in [5, 5.41) is 7.62. The number of nitrogens with zero attached hydrogens (tertiary/aromatic N) is 2. The lowest BCUT2D eigenvalue weighted by Crippen LogP contribution is -2.38. The Bertz CT molecular complexity index is 1090. The number of benzene rings is 2. The number of piperidine rings is 1. The number of sulfonamides is 1. The van der Waals surface area contributed by atoms with E-state index < -0.39 is 10.0 Å². The molecular formula is C23H27N3O2S. The first kappa shape index (κ1) is 19.9. The van der Waals surface area contributed by atoms with Crippen molar-refractivity contribution >= 4 is 10.0 Å². The van der Waals surface area contributed by atoms with Crippen molar-refractivity contribution in [3.05, 3.63) is 70.9 Å². The van der Waals surface area contributed by atoms with Gasteiger partial charge in [0.1, 0.15) is 0 Å². The molecule has 0 unspecified atom stereocenters. The van der Waals surface area contributed by atoms with Crippen LogP contribution in [0.3, 0.4) is 0 Å². The molecule has 4 rings (SSSR count). The molecule has 2 aromatic carbocycles. The minimum absolute atomic E-state index is 0.298. The number of hydrogen-bond donors (Lipinski definition) is 1. The molecule has 0 radical (unpaired) electrons. The Morgan fingerprint density at radius 2 is 1.59 bits per heavy atom. The van der Waals surface area contributed by atoms with Crippen molar-refractivity contribution in [2.24, 2.45) is 0 Å². The molecule has 2 heterocycles. The van der Waals surface area contributed by atoms with Gasteiger partial charge in [-0.3, -0.25) is 5.10 Å². The largest absolute Gasteiger partial charge is 0.282 e. The van der Waals surface area contributed by atoms with Crippen LogP contribution in [0.2, 0.25) is 0 Å². The first-order chi connectivity index (χ1) is 13.9. The zero-order valence-corrected chi connectivity index (χ0v) is 18.0. The van der Waals surface area contributed by atoms with E-state index in [2.05, 4.69) is 16.3 Å². The second-order valence-corrected chi connectivity index (χ2v) is 9.86. The summed E-state index contributed by atoms with van der Waals surface area (Å²) in [6.45, 7) is 6.82. The molecule has 0 spiro atoms. The van der Waals surface area contributed by atoms with Crippen LogP contribution in [0.25, 0.3) is 11.3 Å². The van der Waals surface area contributed by atoms with Crippen LogP contribution >= 0.6 is 0 Å². The molecule has 1 fully saturated rings. The Hall–Kier alpha value is -2.44. The van der Waals surface area contributed by atoms with Crippen molar-refractivity contribution in [3.63, 3.8) is 0 Å². The number of aromatic nitrogens is 2. The van der Waals surface area contributed by atoms with Gasteiger partial charge in [-0.1, -0.05) is 48.0 Å². The van der Waals surface area contributed by atoms with Crippen molar-refractivity contribution in [2.45, 2.75) is 44.4 Å². The summed E-state index contributed by atoms with van der Waals surface area (Å²) >= 11 is 0. The lowest BCUT2D eigenvalue weighted by Gasteiger charge is -2.31. The van der Waals surface area contributed by atoms with Gasteiger partial charge in [0.15, 0.2) is 0 Å². The minimum atomic E-state index is -3.48. The zero-order valence-electron chi connectivity index (χ0n) is 17.1. The van der Waals surface area contributed by atoms with Crippen molar-refractivity contribution in [2.75, 3.05) is 13.1 Å². The van der Waals surface area contributed by atoms with Gasteiger partial charge in [-0.05, 0) is 50.8 Å². The number of aromatic amines is 1. The van der Waals surface area contributed by atoms with E-state index in [1.54, 1.807) is 4.31 Å². The van der Waals surface area contributed by atoms with E-state index in [1.165, 1.54) is 0 Å². The summed E-state index contributed by atoms with van der Waals surface area (Å²) in [4.78, 5) is 0.467. The first-order valence-electron chi connectivity index (χ1n) is 10.0. The summed E-state index contributed by atoms with van der Waals surface area (Å²) in [6.07, 6.45) is 1.58. The molecule has 5 nitrogen and oxygen atoms in total. The van der Waals surface area contributed by atoms with Gasteiger partial charge >= 0.3 is 0 Å². The van der Waals surface area contributed by atoms with E-state index in [0.717, 1.165) is 46.5 Å². The Morgan fingerprint density at radius 3 is 2.21 bits per heavy atom. The average Bonchev–Trinajstić information content (AvgIpc) is 3.18. The molecule has 0 aliphatic carbocycles. The summed E-state index contributed by atoms with van der Waals surface area (Å²) < 4.78 is 28.2. The van der Waals surface area contributed by atoms with Gasteiger partial charge in [-0.25, -0.2) is 8.42 Å². The molecule has 0 amide bonds. The standard InChI is InChI=1S/C23H27N3O2S/c1-16-13-17(2)23(18(3)14-16)29(27,28)26-11-9-20(10-12-26)22-15-21(24-25-22)19-7-5-4-6-8-19/h4-8,13-15,20H,9-12H2,1-3H3,(H,24,25). The second-order valence-electron chi connectivity index (χ2n) is 7.98. The molecule has 1 aliphatic rings. The smallest absolute Gasteiger partial charge is 0.243 e. The fraction of sp³-hybridized carbons (Fsp3) is 0.348. The van der Waals surface area contributed by atoms with Crippen molar-refractivity contribution in [1.29, 1.82) is 0 Å². The van der Waals surface area contributed by atoms with Gasteiger partial charge < -0.3 is 0 Å². The zero-order chi connectivity index (χ0) is 20.6. The van der Waals surface area contributed by atoms with Crippen molar-refractivity contribution in [1.82, 2.24) is 14.5 Å². The Labute approximate surface area is 172 Å². The van der Waals surface area contributed by atoms with E-state index in [0.29, 0.717) is 23.9 Å². The molecule has 29 heavy (non-hydrogen) atoms. The molecule has 1 aliphatic heterocycles. The Kier molecular flexibility index (Phi) is 5.32. The third kappa shape index (κ3) is 3.87. The van der Waals surface area contributed by atoms with Crippen LogP contribution in [0.15, 0.2) is 53.4 Å². The van der Waals surface area contributed by atoms with Crippen LogP contribution in [-0.2, 0) is 10.0 Å². The Morgan fingerprint density at radius 1 is 0.966 bits per heavy atom. The number of hydrogen-bond acceptors (Lipinski definition) is 3. The van der Waals surface area contributed by atoms with E-state index in [1.807, 2.05) is 63.2 Å². The molecule has 0 saturated carbocycles. The monoisotopic (exact) mass is 409 g/mol. The van der Waals surface area contributed by atoms with Crippen LogP contribution < -0.4 is 0 Å². The minimum Gasteiger partial charge on any atom is -0.282 e. The summed E-state index contributed by atoms with van der Waals surface area (Å²) in [6, 6.07) is 16.1. The van der Waals surface area contributed by atoms with Crippen LogP contribution in [0, 0.1) is 20.8 Å². The van der Waals surface area contributed by atoms with E-state index in [-0.39, 0.29) is 0 Å². The molecule has 1 aromatic heterocycles. The van der Waals surface area contributed by atoms with E-state index in [4.69, 9.17) is 0 Å². The van der Waals surface area contributed by atoms with Gasteiger partial charge in [0.25, 0.3) is 0 Å². The molecule has 152 valence electrons. The molecule has 0 atom stereocenters. The molecule has 0 bridgehead atoms. The fourth-order valence-electron chi connectivity index (χ4n) is 4.41. The van der Waals surface area contributed by atoms with Crippen LogP contribution in [-0.4, -0.2) is 36.0 Å². The van der Waals surface area contributed by atoms with E-state index >= 15 is 0 Å². The second kappa shape index (κ2) is 7.76. The highest BCUT2D eigenvalue weighted by Crippen LogP contribution is 2.33. The number of aryl methyl sites for hydroxylation is 3. The molecular weight excluding hydrogens is 382 g/mol. The quantitative estimate of drug-likeness (QED) is 0.686. The average molecular weight is 410 g/mol. The first-order valence-corrected chi connectivity index (χ1v) is 11.5. The van der Waals surface area contributed by atoms with Gasteiger partial charge in [-0.2, -0.15) is 9.40 Å². The molecule has 6 heteroatoms. The van der Waals surface area contributed by atoms with Crippen molar-refractivity contribution < 1.29 is 8.42 Å². The van der Waals surface area contributed by atoms with Crippen LogP contribution in [0.4, 0.5) is 0 Å². The lowest BCUT2D eigenvalue weighted by atomic mass is 9.94. The Balaban J connectivity index is 1.49. The van der Waals surface area contributed by atoms with Gasteiger partial charge in [0, 0.05) is 30.3 Å². The molecule has 1 saturated heterocycles. The van der Waals surface area contributed by atoms with Gasteiger partial charge in [0.05, 0.1) is 10.6 Å². The third-order valence-corrected chi connectivity index (χ3v) is 7.97. The summed E-state index contributed by atoms with van der Waals surface area (Å²) in [7, 11) is -3.48. The van der Waals surface area contributed by atoms with Crippen LogP contribution in [0.5, 0.6) is 0 Å².